The number of rotatable bonds is 0. The molecule has 2 unspecified atom stereocenters. The summed E-state index contributed by atoms with van der Waals surface area (Å²) < 4.78 is 0. The first kappa shape index (κ1) is 5.83. The van der Waals surface area contributed by atoms with Crippen LogP contribution in [0.25, 0.3) is 0 Å². The minimum atomic E-state index is 0.838. The molecule has 0 nitrogen and oxygen atoms in total. The van der Waals surface area contributed by atoms with Crippen molar-refractivity contribution in [3.05, 3.63) is 5.08 Å². The molecule has 1 fully saturated rings. The molecule has 2 atom stereocenters. The van der Waals surface area contributed by atoms with E-state index in [0.29, 0.717) is 0 Å². The lowest BCUT2D eigenvalue weighted by Crippen LogP contribution is -2.04. The van der Waals surface area contributed by atoms with Crippen LogP contribution in [0.3, 0.4) is 0 Å². The molecule has 41 valence electrons. The van der Waals surface area contributed by atoms with Crippen molar-refractivity contribution in [1.82, 2.24) is 0 Å². The lowest BCUT2D eigenvalue weighted by atomic mass is 10.4. The molecule has 0 bridgehead atoms. The van der Waals surface area contributed by atoms with Crippen molar-refractivity contribution in [3.8, 4) is 0 Å². The Morgan fingerprint density at radius 3 is 1.71 bits per heavy atom. The van der Waals surface area contributed by atoms with Crippen LogP contribution in [0.1, 0.15) is 13.8 Å². The second kappa shape index (κ2) is 2.31. The zero-order valence-corrected chi connectivity index (χ0v) is 6.18. The third kappa shape index (κ3) is 1.29. The molecule has 0 aromatic rings. The zero-order valence-electron chi connectivity index (χ0n) is 4.55. The van der Waals surface area contributed by atoms with E-state index >= 15 is 0 Å². The van der Waals surface area contributed by atoms with Gasteiger partial charge >= 0.3 is 0 Å². The van der Waals surface area contributed by atoms with E-state index in [-0.39, 0.29) is 0 Å². The maximum atomic E-state index is 2.27. The van der Waals surface area contributed by atoms with Gasteiger partial charge in [-0.25, -0.2) is 0 Å². The van der Waals surface area contributed by atoms with Gasteiger partial charge in [0.05, 0.1) is 5.08 Å². The molecular formula is C5H9S2. The summed E-state index contributed by atoms with van der Waals surface area (Å²) in [5.41, 5.74) is 0. The van der Waals surface area contributed by atoms with Crippen molar-refractivity contribution in [2.45, 2.75) is 24.3 Å². The smallest absolute Gasteiger partial charge is 0.0718 e. The first-order valence-electron chi connectivity index (χ1n) is 2.43. The van der Waals surface area contributed by atoms with Gasteiger partial charge in [-0.3, -0.25) is 0 Å². The molecule has 1 heterocycles. The van der Waals surface area contributed by atoms with Crippen LogP contribution < -0.4 is 0 Å². The summed E-state index contributed by atoms with van der Waals surface area (Å²) in [5.74, 6) is 0. The quantitative estimate of drug-likeness (QED) is 0.497. The van der Waals surface area contributed by atoms with Crippen LogP contribution in [0.2, 0.25) is 0 Å². The fraction of sp³-hybridized carbons (Fsp3) is 0.800. The van der Waals surface area contributed by atoms with E-state index in [1.807, 2.05) is 23.5 Å². The first-order valence-corrected chi connectivity index (χ1v) is 4.32. The maximum absolute atomic E-state index is 2.27. The third-order valence-electron chi connectivity index (χ3n) is 1.20. The Morgan fingerprint density at radius 2 is 1.57 bits per heavy atom. The van der Waals surface area contributed by atoms with Gasteiger partial charge in [0.1, 0.15) is 0 Å². The van der Waals surface area contributed by atoms with Crippen molar-refractivity contribution in [2.24, 2.45) is 0 Å². The Morgan fingerprint density at radius 1 is 1.14 bits per heavy atom. The highest BCUT2D eigenvalue weighted by molar-refractivity contribution is 8.23. The van der Waals surface area contributed by atoms with Gasteiger partial charge in [0, 0.05) is 10.5 Å². The van der Waals surface area contributed by atoms with Crippen molar-refractivity contribution < 1.29 is 0 Å². The van der Waals surface area contributed by atoms with E-state index in [1.165, 1.54) is 0 Å². The summed E-state index contributed by atoms with van der Waals surface area (Å²) in [6, 6.07) is 0. The Balaban J connectivity index is 2.33. The van der Waals surface area contributed by atoms with E-state index < -0.39 is 0 Å². The van der Waals surface area contributed by atoms with Gasteiger partial charge in [-0.2, -0.15) is 0 Å². The molecule has 2 heteroatoms. The van der Waals surface area contributed by atoms with Crippen molar-refractivity contribution >= 4 is 23.5 Å². The topological polar surface area (TPSA) is 0 Å². The van der Waals surface area contributed by atoms with Gasteiger partial charge in [0.15, 0.2) is 0 Å². The van der Waals surface area contributed by atoms with E-state index in [9.17, 15) is 0 Å². The fourth-order valence-corrected chi connectivity index (χ4v) is 2.91. The molecule has 7 heavy (non-hydrogen) atoms. The van der Waals surface area contributed by atoms with Crippen LogP contribution in [0.15, 0.2) is 0 Å². The SMILES string of the molecule is CC1S[CH]SC1C. The van der Waals surface area contributed by atoms with Crippen molar-refractivity contribution in [1.29, 1.82) is 0 Å². The van der Waals surface area contributed by atoms with Gasteiger partial charge in [-0.1, -0.05) is 13.8 Å². The second-order valence-corrected chi connectivity index (χ2v) is 4.58. The van der Waals surface area contributed by atoms with Gasteiger partial charge in [0.2, 0.25) is 0 Å². The molecule has 0 amide bonds. The van der Waals surface area contributed by atoms with Gasteiger partial charge < -0.3 is 0 Å². The molecule has 0 saturated carbocycles. The summed E-state index contributed by atoms with van der Waals surface area (Å²) in [6.07, 6.45) is 0. The summed E-state index contributed by atoms with van der Waals surface area (Å²) in [5, 5.41) is 3.91. The van der Waals surface area contributed by atoms with Crippen LogP contribution in [0.5, 0.6) is 0 Å². The van der Waals surface area contributed by atoms with Crippen molar-refractivity contribution in [2.75, 3.05) is 0 Å². The summed E-state index contributed by atoms with van der Waals surface area (Å²) in [6.45, 7) is 4.54. The van der Waals surface area contributed by atoms with E-state index in [1.54, 1.807) is 0 Å². The highest BCUT2D eigenvalue weighted by Crippen LogP contribution is 2.39. The molecule has 1 aliphatic heterocycles. The average Bonchev–Trinajstić information content (AvgIpc) is 1.91. The van der Waals surface area contributed by atoms with Crippen LogP contribution in [0, 0.1) is 5.08 Å². The Labute approximate surface area is 53.4 Å². The second-order valence-electron chi connectivity index (χ2n) is 1.78. The summed E-state index contributed by atoms with van der Waals surface area (Å²) in [7, 11) is 0. The largest absolute Gasteiger partial charge is 0.141 e. The molecule has 1 rings (SSSR count). The molecule has 0 aromatic carbocycles. The number of hydrogen-bond acceptors (Lipinski definition) is 2. The number of thioether (sulfide) groups is 2. The molecule has 0 N–H and O–H groups in total. The summed E-state index contributed by atoms with van der Waals surface area (Å²) >= 11 is 3.89. The zero-order chi connectivity index (χ0) is 5.28. The molecule has 0 spiro atoms. The Bertz CT molecular complexity index is 55.1. The van der Waals surface area contributed by atoms with Crippen LogP contribution in [-0.4, -0.2) is 10.5 Å². The molecule has 1 radical (unpaired) electrons. The highest BCUT2D eigenvalue weighted by Gasteiger charge is 2.19. The maximum Gasteiger partial charge on any atom is 0.0718 e. The van der Waals surface area contributed by atoms with Gasteiger partial charge in [0.25, 0.3) is 0 Å². The first-order chi connectivity index (χ1) is 3.30. The van der Waals surface area contributed by atoms with Gasteiger partial charge in [-0.05, 0) is 0 Å². The molecule has 1 saturated heterocycles. The summed E-state index contributed by atoms with van der Waals surface area (Å²) in [4.78, 5) is 0. The standard InChI is InChI=1S/C5H9S2/c1-4-5(2)7-3-6-4/h3-5H,1-2H3. The molecular weight excluding hydrogens is 124 g/mol. The van der Waals surface area contributed by atoms with E-state index in [0.717, 1.165) is 10.5 Å². The minimum absolute atomic E-state index is 0.838. The minimum Gasteiger partial charge on any atom is -0.141 e. The molecule has 0 aromatic heterocycles. The average molecular weight is 133 g/mol. The monoisotopic (exact) mass is 133 g/mol. The van der Waals surface area contributed by atoms with E-state index in [2.05, 4.69) is 18.9 Å². The fourth-order valence-electron chi connectivity index (χ4n) is 0.429. The Hall–Kier alpha value is 0.700. The number of hydrogen-bond donors (Lipinski definition) is 0. The lowest BCUT2D eigenvalue weighted by molar-refractivity contribution is 0.941. The van der Waals surface area contributed by atoms with Crippen LogP contribution in [0.4, 0.5) is 0 Å². The van der Waals surface area contributed by atoms with Crippen molar-refractivity contribution in [3.63, 3.8) is 0 Å². The van der Waals surface area contributed by atoms with E-state index in [4.69, 9.17) is 0 Å². The normalized spacial score (nSPS) is 42.0. The van der Waals surface area contributed by atoms with Crippen LogP contribution >= 0.6 is 23.5 Å². The predicted octanol–water partition coefficient (Wildman–Crippen LogP) is 2.36. The molecule has 1 aliphatic rings. The Kier molecular flexibility index (Phi) is 1.93. The third-order valence-corrected chi connectivity index (χ3v) is 3.94. The predicted molar refractivity (Wildman–Crippen MR) is 38.4 cm³/mol. The molecule has 0 aliphatic carbocycles. The lowest BCUT2D eigenvalue weighted by Gasteiger charge is -2.02. The van der Waals surface area contributed by atoms with Gasteiger partial charge in [-0.15, -0.1) is 23.5 Å². The highest BCUT2D eigenvalue weighted by atomic mass is 32.2. The van der Waals surface area contributed by atoms with Crippen LogP contribution in [-0.2, 0) is 0 Å².